The normalized spacial score (nSPS) is 10.1. The van der Waals surface area contributed by atoms with Gasteiger partial charge in [-0.25, -0.2) is 4.98 Å². The maximum atomic E-state index is 4.39. The van der Waals surface area contributed by atoms with Crippen LogP contribution >= 0.6 is 0 Å². The van der Waals surface area contributed by atoms with Crippen LogP contribution in [0.15, 0.2) is 42.7 Å². The number of pyridine rings is 2. The summed E-state index contributed by atoms with van der Waals surface area (Å²) in [7, 11) is 2.03. The molecule has 0 aliphatic rings. The molecule has 0 saturated heterocycles. The molecule has 0 aliphatic heterocycles. The minimum atomic E-state index is 1.05. The molecule has 2 heterocycles. The van der Waals surface area contributed by atoms with Crippen LogP contribution in [0.3, 0.4) is 0 Å². The highest BCUT2D eigenvalue weighted by atomic mass is 14.9. The van der Waals surface area contributed by atoms with Gasteiger partial charge in [0.1, 0.15) is 12.7 Å². The van der Waals surface area contributed by atoms with Crippen molar-refractivity contribution >= 4 is 0 Å². The molecule has 2 aromatic rings. The van der Waals surface area contributed by atoms with Gasteiger partial charge >= 0.3 is 0 Å². The van der Waals surface area contributed by atoms with E-state index < -0.39 is 0 Å². The van der Waals surface area contributed by atoms with E-state index in [0.717, 1.165) is 11.4 Å². The van der Waals surface area contributed by atoms with Gasteiger partial charge in [0, 0.05) is 18.3 Å². The average Bonchev–Trinajstić information content (AvgIpc) is 2.20. The van der Waals surface area contributed by atoms with Crippen LogP contribution in [0.5, 0.6) is 0 Å². The predicted octanol–water partition coefficient (Wildman–Crippen LogP) is 1.88. The van der Waals surface area contributed by atoms with Crippen molar-refractivity contribution < 1.29 is 4.57 Å². The van der Waals surface area contributed by atoms with Crippen molar-refractivity contribution in [2.24, 2.45) is 7.05 Å². The molecule has 0 unspecified atom stereocenters. The van der Waals surface area contributed by atoms with Gasteiger partial charge in [-0.15, -0.1) is 0 Å². The fraction of sp³-hybridized carbons (Fsp3) is 0.167. The Kier molecular flexibility index (Phi) is 2.27. The molecule has 0 amide bonds. The fourth-order valence-electron chi connectivity index (χ4n) is 1.52. The maximum absolute atomic E-state index is 4.39. The Balaban J connectivity index is 2.61. The van der Waals surface area contributed by atoms with Gasteiger partial charge in [0.15, 0.2) is 6.20 Å². The molecular formula is C12H13N2+. The van der Waals surface area contributed by atoms with Crippen molar-refractivity contribution in [2.45, 2.75) is 6.92 Å². The van der Waals surface area contributed by atoms with Crippen molar-refractivity contribution in [2.75, 3.05) is 0 Å². The molecule has 2 heteroatoms. The number of hydrogen-bond acceptors (Lipinski definition) is 1. The molecule has 0 atom stereocenters. The minimum absolute atomic E-state index is 1.05. The van der Waals surface area contributed by atoms with E-state index in [1.165, 1.54) is 5.56 Å². The summed E-state index contributed by atoms with van der Waals surface area (Å²) >= 11 is 0. The molecule has 2 rings (SSSR count). The van der Waals surface area contributed by atoms with Crippen LogP contribution in [-0.4, -0.2) is 4.98 Å². The van der Waals surface area contributed by atoms with Gasteiger partial charge in [-0.2, -0.15) is 4.57 Å². The molecule has 2 aromatic heterocycles. The fourth-order valence-corrected chi connectivity index (χ4v) is 1.52. The van der Waals surface area contributed by atoms with Crippen molar-refractivity contribution in [1.29, 1.82) is 0 Å². The highest BCUT2D eigenvalue weighted by molar-refractivity contribution is 5.54. The van der Waals surface area contributed by atoms with E-state index in [0.29, 0.717) is 0 Å². The summed E-state index contributed by atoms with van der Waals surface area (Å²) in [6.07, 6.45) is 3.86. The second-order valence-electron chi connectivity index (χ2n) is 3.37. The molecule has 0 spiro atoms. The second kappa shape index (κ2) is 3.58. The van der Waals surface area contributed by atoms with Gasteiger partial charge in [0.25, 0.3) is 0 Å². The highest BCUT2D eigenvalue weighted by Gasteiger charge is 2.11. The van der Waals surface area contributed by atoms with Crippen LogP contribution < -0.4 is 4.57 Å². The van der Waals surface area contributed by atoms with Crippen LogP contribution in [0, 0.1) is 6.92 Å². The molecule has 0 fully saturated rings. The van der Waals surface area contributed by atoms with E-state index in [4.69, 9.17) is 0 Å². The van der Waals surface area contributed by atoms with Crippen molar-refractivity contribution in [3.05, 3.63) is 48.3 Å². The first-order valence-corrected chi connectivity index (χ1v) is 4.65. The van der Waals surface area contributed by atoms with E-state index in [2.05, 4.69) is 28.6 Å². The Morgan fingerprint density at radius 1 is 1.14 bits per heavy atom. The van der Waals surface area contributed by atoms with E-state index in [-0.39, 0.29) is 0 Å². The number of aryl methyl sites for hydroxylation is 2. The van der Waals surface area contributed by atoms with Crippen LogP contribution in [-0.2, 0) is 7.05 Å². The predicted molar refractivity (Wildman–Crippen MR) is 55.6 cm³/mol. The minimum Gasteiger partial charge on any atom is -0.250 e. The Hall–Kier alpha value is -1.70. The molecule has 0 bridgehead atoms. The zero-order valence-electron chi connectivity index (χ0n) is 8.44. The van der Waals surface area contributed by atoms with Crippen molar-refractivity contribution in [1.82, 2.24) is 4.98 Å². The van der Waals surface area contributed by atoms with Gasteiger partial charge in [-0.1, -0.05) is 6.07 Å². The Bertz CT molecular complexity index is 406. The van der Waals surface area contributed by atoms with Crippen LogP contribution in [0.1, 0.15) is 5.56 Å². The van der Waals surface area contributed by atoms with Crippen LogP contribution in [0.2, 0.25) is 0 Å². The highest BCUT2D eigenvalue weighted by Crippen LogP contribution is 2.15. The Morgan fingerprint density at radius 2 is 2.00 bits per heavy atom. The lowest BCUT2D eigenvalue weighted by atomic mass is 10.1. The smallest absolute Gasteiger partial charge is 0.231 e. The quantitative estimate of drug-likeness (QED) is 0.620. The van der Waals surface area contributed by atoms with E-state index in [1.54, 1.807) is 0 Å². The summed E-state index contributed by atoms with van der Waals surface area (Å²) < 4.78 is 2.08. The van der Waals surface area contributed by atoms with Gasteiger partial charge in [-0.05, 0) is 24.6 Å². The zero-order valence-corrected chi connectivity index (χ0v) is 8.44. The number of nitrogens with zero attached hydrogens (tertiary/aromatic N) is 2. The van der Waals surface area contributed by atoms with E-state index in [1.807, 2.05) is 37.6 Å². The molecule has 2 nitrogen and oxygen atoms in total. The summed E-state index contributed by atoms with van der Waals surface area (Å²) in [6.45, 7) is 2.08. The maximum Gasteiger partial charge on any atom is 0.231 e. The monoisotopic (exact) mass is 185 g/mol. The average molecular weight is 185 g/mol. The standard InChI is InChI=1S/C12H13N2/c1-10-6-5-8-13-12(10)11-7-3-4-9-14(11)2/h3-9H,1-2H3/q+1. The summed E-state index contributed by atoms with van der Waals surface area (Å²) in [5.41, 5.74) is 3.40. The number of aromatic nitrogens is 2. The third-order valence-corrected chi connectivity index (χ3v) is 2.31. The SMILES string of the molecule is Cc1cccnc1-c1cccc[n+]1C. The van der Waals surface area contributed by atoms with Crippen molar-refractivity contribution in [3.8, 4) is 11.4 Å². The molecule has 14 heavy (non-hydrogen) atoms. The van der Waals surface area contributed by atoms with Gasteiger partial charge in [0.2, 0.25) is 5.69 Å². The van der Waals surface area contributed by atoms with Gasteiger partial charge in [0.05, 0.1) is 0 Å². The third-order valence-electron chi connectivity index (χ3n) is 2.31. The summed E-state index contributed by atoms with van der Waals surface area (Å²) in [6, 6.07) is 10.2. The second-order valence-corrected chi connectivity index (χ2v) is 3.37. The summed E-state index contributed by atoms with van der Waals surface area (Å²) in [5.74, 6) is 0. The zero-order chi connectivity index (χ0) is 9.97. The molecule has 70 valence electrons. The molecular weight excluding hydrogens is 172 g/mol. The summed E-state index contributed by atoms with van der Waals surface area (Å²) in [4.78, 5) is 4.39. The molecule has 0 radical (unpaired) electrons. The van der Waals surface area contributed by atoms with Gasteiger partial charge in [-0.3, -0.25) is 0 Å². The number of hydrogen-bond donors (Lipinski definition) is 0. The molecule has 0 aliphatic carbocycles. The van der Waals surface area contributed by atoms with Crippen molar-refractivity contribution in [3.63, 3.8) is 0 Å². The lowest BCUT2D eigenvalue weighted by molar-refractivity contribution is -0.660. The molecule has 0 aromatic carbocycles. The summed E-state index contributed by atoms with van der Waals surface area (Å²) in [5, 5.41) is 0. The van der Waals surface area contributed by atoms with Gasteiger partial charge < -0.3 is 0 Å². The largest absolute Gasteiger partial charge is 0.250 e. The van der Waals surface area contributed by atoms with E-state index >= 15 is 0 Å². The Labute approximate surface area is 83.9 Å². The van der Waals surface area contributed by atoms with Crippen LogP contribution in [0.25, 0.3) is 11.4 Å². The van der Waals surface area contributed by atoms with E-state index in [9.17, 15) is 0 Å². The molecule has 0 N–H and O–H groups in total. The number of rotatable bonds is 1. The van der Waals surface area contributed by atoms with Crippen LogP contribution in [0.4, 0.5) is 0 Å². The topological polar surface area (TPSA) is 16.8 Å². The Morgan fingerprint density at radius 3 is 2.71 bits per heavy atom. The third kappa shape index (κ3) is 1.51. The first-order valence-electron chi connectivity index (χ1n) is 4.65. The molecule has 0 saturated carbocycles. The lowest BCUT2D eigenvalue weighted by Crippen LogP contribution is -2.30. The first-order chi connectivity index (χ1) is 6.79. The first kappa shape index (κ1) is 8.88. The lowest BCUT2D eigenvalue weighted by Gasteiger charge is -2.01.